The Kier molecular flexibility index (Phi) is 14.5. The Morgan fingerprint density at radius 1 is 0.935 bits per heavy atom. The number of esters is 4. The summed E-state index contributed by atoms with van der Waals surface area (Å²) in [5, 5.41) is 8.88. The van der Waals surface area contributed by atoms with E-state index in [2.05, 4.69) is 0 Å². The molecule has 0 aromatic carbocycles. The zero-order chi connectivity index (χ0) is 24.0. The molecule has 0 unspecified atom stereocenters. The molecule has 1 rings (SSSR count). The van der Waals surface area contributed by atoms with Gasteiger partial charge in [-0.15, -0.1) is 0 Å². The fourth-order valence-electron chi connectivity index (χ4n) is 2.37. The van der Waals surface area contributed by atoms with Crippen LogP contribution in [0.1, 0.15) is 66.7 Å². The molecule has 10 heteroatoms. The van der Waals surface area contributed by atoms with Crippen molar-refractivity contribution in [3.63, 3.8) is 0 Å². The number of carbonyl (C=O) groups is 4. The summed E-state index contributed by atoms with van der Waals surface area (Å²) in [4.78, 5) is 45.3. The number of aliphatic hydroxyl groups excluding tert-OH is 1. The standard InChI is InChI=1S/C12H18O6.C9H18O4/c1-7-4-10(13)17-9(3)6-12(15)18-8(2)5-11(14)16-7;1-7(10)4-5-13-9(11)6-8(2)12-3/h7-9H,4-6H2,1-3H3;7-8,10H,4-6H2,1-3H3/t7-,8-,9-;7-,8-/m11/s1. The predicted molar refractivity (Wildman–Crippen MR) is 109 cm³/mol. The van der Waals surface area contributed by atoms with Crippen molar-refractivity contribution < 1.29 is 48.0 Å². The van der Waals surface area contributed by atoms with Crippen LogP contribution in [0.3, 0.4) is 0 Å². The minimum absolute atomic E-state index is 0.0144. The summed E-state index contributed by atoms with van der Waals surface area (Å²) in [6.07, 6.45) is -1.47. The lowest BCUT2D eigenvalue weighted by molar-refractivity contribution is -0.165. The average Bonchev–Trinajstić information content (AvgIpc) is 2.59. The third-order valence-corrected chi connectivity index (χ3v) is 4.02. The number of hydrogen-bond donors (Lipinski definition) is 1. The van der Waals surface area contributed by atoms with Gasteiger partial charge in [-0.05, 0) is 34.6 Å². The number of rotatable bonds is 6. The highest BCUT2D eigenvalue weighted by atomic mass is 16.6. The molecule has 0 aromatic heterocycles. The zero-order valence-electron chi connectivity index (χ0n) is 19.3. The van der Waals surface area contributed by atoms with E-state index in [-0.39, 0.29) is 44.4 Å². The average molecular weight is 449 g/mol. The summed E-state index contributed by atoms with van der Waals surface area (Å²) in [5.41, 5.74) is 0. The van der Waals surface area contributed by atoms with Crippen molar-refractivity contribution in [2.45, 2.75) is 97.2 Å². The molecule has 1 fully saturated rings. The molecule has 0 aliphatic carbocycles. The van der Waals surface area contributed by atoms with Crippen LogP contribution < -0.4 is 0 Å². The number of methoxy groups -OCH3 is 1. The van der Waals surface area contributed by atoms with E-state index in [4.69, 9.17) is 28.8 Å². The Balaban J connectivity index is 0.000000615. The Morgan fingerprint density at radius 3 is 1.65 bits per heavy atom. The van der Waals surface area contributed by atoms with Gasteiger partial charge in [0.2, 0.25) is 0 Å². The first-order valence-electron chi connectivity index (χ1n) is 10.4. The largest absolute Gasteiger partial charge is 0.466 e. The Hall–Kier alpha value is -2.20. The van der Waals surface area contributed by atoms with Gasteiger partial charge in [0.15, 0.2) is 0 Å². The SMILES string of the molecule is CO[C@H](C)CC(=O)OCC[C@@H](C)O.C[C@@H]1CC(=O)O[C@H](C)CC(=O)O[C@H](C)CC(=O)O1. The lowest BCUT2D eigenvalue weighted by Crippen LogP contribution is -2.29. The molecule has 1 N–H and O–H groups in total. The van der Waals surface area contributed by atoms with Crippen molar-refractivity contribution in [3.05, 3.63) is 0 Å². The van der Waals surface area contributed by atoms with E-state index in [0.717, 1.165) is 0 Å². The fraction of sp³-hybridized carbons (Fsp3) is 0.810. The van der Waals surface area contributed by atoms with Crippen molar-refractivity contribution in [2.75, 3.05) is 13.7 Å². The normalized spacial score (nSPS) is 24.6. The third-order valence-electron chi connectivity index (χ3n) is 4.02. The van der Waals surface area contributed by atoms with E-state index in [1.165, 1.54) is 0 Å². The van der Waals surface area contributed by atoms with Gasteiger partial charge in [0.1, 0.15) is 18.3 Å². The van der Waals surface area contributed by atoms with Gasteiger partial charge in [0.25, 0.3) is 0 Å². The second-order valence-corrected chi connectivity index (χ2v) is 7.62. The van der Waals surface area contributed by atoms with E-state index < -0.39 is 42.3 Å². The third kappa shape index (κ3) is 16.2. The smallest absolute Gasteiger partial charge is 0.309 e. The molecule has 1 saturated heterocycles. The number of hydrogen-bond acceptors (Lipinski definition) is 10. The molecule has 0 saturated carbocycles. The molecule has 0 aromatic rings. The van der Waals surface area contributed by atoms with Crippen LogP contribution in [0.25, 0.3) is 0 Å². The molecule has 0 spiro atoms. The van der Waals surface area contributed by atoms with Crippen LogP contribution in [-0.2, 0) is 42.9 Å². The van der Waals surface area contributed by atoms with E-state index >= 15 is 0 Å². The zero-order valence-corrected chi connectivity index (χ0v) is 19.3. The van der Waals surface area contributed by atoms with Crippen LogP contribution >= 0.6 is 0 Å². The molecular formula is C21H36O10. The van der Waals surface area contributed by atoms with Gasteiger partial charge in [-0.25, -0.2) is 0 Å². The summed E-state index contributed by atoms with van der Waals surface area (Å²) in [6, 6.07) is 0. The fourth-order valence-corrected chi connectivity index (χ4v) is 2.37. The molecule has 31 heavy (non-hydrogen) atoms. The van der Waals surface area contributed by atoms with Gasteiger partial charge >= 0.3 is 23.9 Å². The molecule has 5 atom stereocenters. The van der Waals surface area contributed by atoms with Gasteiger partial charge in [-0.3, -0.25) is 19.2 Å². The lowest BCUT2D eigenvalue weighted by atomic mass is 10.2. The Bertz CT molecular complexity index is 498. The molecule has 0 amide bonds. The highest BCUT2D eigenvalue weighted by Gasteiger charge is 2.23. The van der Waals surface area contributed by atoms with Gasteiger partial charge < -0.3 is 28.8 Å². The lowest BCUT2D eigenvalue weighted by Gasteiger charge is -2.20. The number of aliphatic hydroxyl groups is 1. The minimum Gasteiger partial charge on any atom is -0.466 e. The van der Waals surface area contributed by atoms with Crippen LogP contribution in [0.15, 0.2) is 0 Å². The van der Waals surface area contributed by atoms with Crippen molar-refractivity contribution in [1.82, 2.24) is 0 Å². The van der Waals surface area contributed by atoms with E-state index in [1.54, 1.807) is 41.7 Å². The summed E-state index contributed by atoms with van der Waals surface area (Å²) >= 11 is 0. The van der Waals surface area contributed by atoms with Gasteiger partial charge in [-0.2, -0.15) is 0 Å². The van der Waals surface area contributed by atoms with Gasteiger partial charge in [-0.1, -0.05) is 0 Å². The monoisotopic (exact) mass is 448 g/mol. The molecule has 1 aliphatic rings. The van der Waals surface area contributed by atoms with Gasteiger partial charge in [0, 0.05) is 13.5 Å². The summed E-state index contributed by atoms with van der Waals surface area (Å²) < 4.78 is 24.8. The minimum atomic E-state index is -0.542. The first-order chi connectivity index (χ1) is 14.4. The Morgan fingerprint density at radius 2 is 1.32 bits per heavy atom. The molecule has 1 heterocycles. The highest BCUT2D eigenvalue weighted by molar-refractivity contribution is 5.75. The quantitative estimate of drug-likeness (QED) is 0.472. The molecule has 0 bridgehead atoms. The maximum absolute atomic E-state index is 11.4. The van der Waals surface area contributed by atoms with E-state index in [1.807, 2.05) is 0 Å². The molecular weight excluding hydrogens is 412 g/mol. The molecule has 180 valence electrons. The predicted octanol–water partition coefficient (Wildman–Crippen LogP) is 1.69. The molecule has 1 aliphatic heterocycles. The van der Waals surface area contributed by atoms with Crippen LogP contribution in [-0.4, -0.2) is 73.2 Å². The Labute approximate surface area is 183 Å². The van der Waals surface area contributed by atoms with Crippen molar-refractivity contribution in [3.8, 4) is 0 Å². The van der Waals surface area contributed by atoms with Crippen LogP contribution in [0.5, 0.6) is 0 Å². The van der Waals surface area contributed by atoms with Crippen molar-refractivity contribution in [2.24, 2.45) is 0 Å². The van der Waals surface area contributed by atoms with Crippen molar-refractivity contribution >= 4 is 23.9 Å². The van der Waals surface area contributed by atoms with E-state index in [0.29, 0.717) is 6.42 Å². The number of carbonyl (C=O) groups excluding carboxylic acids is 4. The first-order valence-corrected chi connectivity index (χ1v) is 10.4. The topological polar surface area (TPSA) is 135 Å². The number of ether oxygens (including phenoxy) is 5. The highest BCUT2D eigenvalue weighted by Crippen LogP contribution is 2.11. The summed E-state index contributed by atoms with van der Waals surface area (Å²) in [5.74, 6) is -1.77. The second kappa shape index (κ2) is 15.6. The van der Waals surface area contributed by atoms with Crippen LogP contribution in [0, 0.1) is 0 Å². The summed E-state index contributed by atoms with van der Waals surface area (Å²) in [6.45, 7) is 8.58. The number of cyclic esters (lactones) is 3. The van der Waals surface area contributed by atoms with E-state index in [9.17, 15) is 19.2 Å². The second-order valence-electron chi connectivity index (χ2n) is 7.62. The molecule has 10 nitrogen and oxygen atoms in total. The first kappa shape index (κ1) is 28.8. The maximum Gasteiger partial charge on any atom is 0.309 e. The van der Waals surface area contributed by atoms with Crippen molar-refractivity contribution in [1.29, 1.82) is 0 Å². The van der Waals surface area contributed by atoms with Crippen LogP contribution in [0.4, 0.5) is 0 Å². The van der Waals surface area contributed by atoms with Gasteiger partial charge in [0.05, 0.1) is 44.5 Å². The van der Waals surface area contributed by atoms with Crippen LogP contribution in [0.2, 0.25) is 0 Å². The molecule has 0 radical (unpaired) electrons. The maximum atomic E-state index is 11.4. The summed E-state index contributed by atoms with van der Waals surface area (Å²) in [7, 11) is 1.55.